The highest BCUT2D eigenvalue weighted by Crippen LogP contribution is 1.90. The summed E-state index contributed by atoms with van der Waals surface area (Å²) in [6.07, 6.45) is 1.39. The Bertz CT molecular complexity index is 219. The van der Waals surface area contributed by atoms with E-state index in [-0.39, 0.29) is 6.03 Å². The normalized spacial score (nSPS) is 9.18. The van der Waals surface area contributed by atoms with E-state index in [4.69, 9.17) is 0 Å². The summed E-state index contributed by atoms with van der Waals surface area (Å²) in [4.78, 5) is 13.4. The summed E-state index contributed by atoms with van der Waals surface area (Å²) in [6, 6.07) is -0.288. The summed E-state index contributed by atoms with van der Waals surface area (Å²) in [5.74, 6) is 0.343. The molecule has 0 aliphatic carbocycles. The van der Waals surface area contributed by atoms with Crippen molar-refractivity contribution in [1.29, 1.82) is 0 Å². The van der Waals surface area contributed by atoms with Crippen LogP contribution >= 0.6 is 0 Å². The molecule has 0 saturated heterocycles. The van der Waals surface area contributed by atoms with Crippen LogP contribution in [0.5, 0.6) is 0 Å². The van der Waals surface area contributed by atoms with Crippen molar-refractivity contribution in [2.45, 2.75) is 6.92 Å². The highest BCUT2D eigenvalue weighted by Gasteiger charge is 1.99. The minimum Gasteiger partial charge on any atom is -0.338 e. The molecule has 60 valence electrons. The van der Waals surface area contributed by atoms with Gasteiger partial charge in [0.2, 0.25) is 5.95 Å². The molecule has 6 nitrogen and oxygen atoms in total. The molecule has 0 aliphatic rings. The number of amides is 2. The van der Waals surface area contributed by atoms with Crippen LogP contribution < -0.4 is 10.6 Å². The molecule has 2 amide bonds. The Morgan fingerprint density at radius 2 is 2.64 bits per heavy atom. The van der Waals surface area contributed by atoms with Crippen LogP contribution in [0.15, 0.2) is 6.33 Å². The maximum absolute atomic E-state index is 10.8. The van der Waals surface area contributed by atoms with Gasteiger partial charge in [0, 0.05) is 6.54 Å². The second-order valence-electron chi connectivity index (χ2n) is 1.82. The number of hydrogen-bond donors (Lipinski definition) is 3. The monoisotopic (exact) mass is 155 g/mol. The Labute approximate surface area is 63.4 Å². The average Bonchev–Trinajstić information content (AvgIpc) is 2.40. The van der Waals surface area contributed by atoms with Crippen molar-refractivity contribution < 1.29 is 4.79 Å². The van der Waals surface area contributed by atoms with Crippen molar-refractivity contribution in [3.8, 4) is 0 Å². The number of aromatic amines is 1. The van der Waals surface area contributed by atoms with Gasteiger partial charge in [-0.15, -0.1) is 10.2 Å². The minimum atomic E-state index is -0.288. The molecule has 0 bridgehead atoms. The molecular formula is C5H9N5O. The molecule has 0 fully saturated rings. The Morgan fingerprint density at radius 3 is 3.18 bits per heavy atom. The highest BCUT2D eigenvalue weighted by molar-refractivity contribution is 5.87. The lowest BCUT2D eigenvalue weighted by Crippen LogP contribution is -2.28. The van der Waals surface area contributed by atoms with Gasteiger partial charge in [0.05, 0.1) is 0 Å². The largest absolute Gasteiger partial charge is 0.338 e. The fourth-order valence-corrected chi connectivity index (χ4v) is 0.579. The third-order valence-corrected chi connectivity index (χ3v) is 0.986. The van der Waals surface area contributed by atoms with Crippen LogP contribution in [0.1, 0.15) is 6.92 Å². The quantitative estimate of drug-likeness (QED) is 0.559. The number of nitrogens with zero attached hydrogens (tertiary/aromatic N) is 2. The molecule has 1 rings (SSSR count). The molecule has 1 aromatic rings. The molecular weight excluding hydrogens is 146 g/mol. The standard InChI is InChI=1S/C5H9N5O/c1-2-6-5(11)9-4-7-3-8-10-4/h3H,2H2,1H3,(H3,6,7,8,9,10,11). The van der Waals surface area contributed by atoms with Gasteiger partial charge in [-0.1, -0.05) is 0 Å². The van der Waals surface area contributed by atoms with E-state index in [1.165, 1.54) is 6.33 Å². The van der Waals surface area contributed by atoms with E-state index in [1.807, 2.05) is 6.92 Å². The van der Waals surface area contributed by atoms with Gasteiger partial charge in [0.1, 0.15) is 6.33 Å². The van der Waals surface area contributed by atoms with Crippen molar-refractivity contribution in [3.05, 3.63) is 6.33 Å². The fraction of sp³-hybridized carbons (Fsp3) is 0.400. The summed E-state index contributed by atoms with van der Waals surface area (Å²) < 4.78 is 0. The SMILES string of the molecule is CCNC(=O)Nc1nnc[nH]1. The van der Waals surface area contributed by atoms with Gasteiger partial charge in [-0.05, 0) is 6.92 Å². The summed E-state index contributed by atoms with van der Waals surface area (Å²) in [7, 11) is 0. The number of carbonyl (C=O) groups is 1. The van der Waals surface area contributed by atoms with Gasteiger partial charge in [-0.3, -0.25) is 5.32 Å². The number of anilines is 1. The maximum Gasteiger partial charge on any atom is 0.321 e. The van der Waals surface area contributed by atoms with E-state index in [0.29, 0.717) is 12.5 Å². The summed E-state index contributed by atoms with van der Waals surface area (Å²) in [5, 5.41) is 12.0. The third kappa shape index (κ3) is 2.24. The van der Waals surface area contributed by atoms with Crippen molar-refractivity contribution >= 4 is 12.0 Å². The predicted molar refractivity (Wildman–Crippen MR) is 39.1 cm³/mol. The lowest BCUT2D eigenvalue weighted by Gasteiger charge is -1.99. The van der Waals surface area contributed by atoms with Gasteiger partial charge >= 0.3 is 6.03 Å². The summed E-state index contributed by atoms with van der Waals surface area (Å²) >= 11 is 0. The van der Waals surface area contributed by atoms with Gasteiger partial charge in [-0.2, -0.15) is 0 Å². The second kappa shape index (κ2) is 3.55. The smallest absolute Gasteiger partial charge is 0.321 e. The zero-order valence-electron chi connectivity index (χ0n) is 6.09. The average molecular weight is 155 g/mol. The first-order valence-electron chi connectivity index (χ1n) is 3.24. The van der Waals surface area contributed by atoms with Crippen molar-refractivity contribution in [3.63, 3.8) is 0 Å². The topological polar surface area (TPSA) is 82.7 Å². The zero-order valence-corrected chi connectivity index (χ0v) is 6.09. The van der Waals surface area contributed by atoms with Crippen molar-refractivity contribution in [2.24, 2.45) is 0 Å². The third-order valence-electron chi connectivity index (χ3n) is 0.986. The van der Waals surface area contributed by atoms with Crippen LogP contribution in [0.25, 0.3) is 0 Å². The molecule has 6 heteroatoms. The van der Waals surface area contributed by atoms with Gasteiger partial charge < -0.3 is 10.3 Å². The van der Waals surface area contributed by atoms with E-state index < -0.39 is 0 Å². The molecule has 0 spiro atoms. The molecule has 0 saturated carbocycles. The lowest BCUT2D eigenvalue weighted by atomic mass is 10.7. The van der Waals surface area contributed by atoms with Crippen LogP contribution in [0.3, 0.4) is 0 Å². The molecule has 0 aromatic carbocycles. The first-order valence-corrected chi connectivity index (χ1v) is 3.24. The molecule has 3 N–H and O–H groups in total. The van der Waals surface area contributed by atoms with E-state index in [2.05, 4.69) is 25.8 Å². The number of aromatic nitrogens is 3. The molecule has 11 heavy (non-hydrogen) atoms. The Morgan fingerprint density at radius 1 is 1.82 bits per heavy atom. The molecule has 0 radical (unpaired) electrons. The van der Waals surface area contributed by atoms with E-state index >= 15 is 0 Å². The molecule has 1 aromatic heterocycles. The molecule has 0 atom stereocenters. The molecule has 1 heterocycles. The summed E-state index contributed by atoms with van der Waals surface area (Å²) in [5.41, 5.74) is 0. The minimum absolute atomic E-state index is 0.288. The van der Waals surface area contributed by atoms with E-state index in [0.717, 1.165) is 0 Å². The van der Waals surface area contributed by atoms with Crippen molar-refractivity contribution in [2.75, 3.05) is 11.9 Å². The number of rotatable bonds is 2. The Hall–Kier alpha value is -1.59. The van der Waals surface area contributed by atoms with Crippen LogP contribution in [0.2, 0.25) is 0 Å². The number of hydrogen-bond acceptors (Lipinski definition) is 3. The number of urea groups is 1. The second-order valence-corrected chi connectivity index (χ2v) is 1.82. The van der Waals surface area contributed by atoms with Crippen molar-refractivity contribution in [1.82, 2.24) is 20.5 Å². The maximum atomic E-state index is 10.8. The number of nitrogens with one attached hydrogen (secondary N) is 3. The van der Waals surface area contributed by atoms with Crippen LogP contribution in [0, 0.1) is 0 Å². The number of H-pyrrole nitrogens is 1. The van der Waals surface area contributed by atoms with Gasteiger partial charge in [0.25, 0.3) is 0 Å². The Balaban J connectivity index is 2.37. The predicted octanol–water partition coefficient (Wildman–Crippen LogP) is -0.0539. The lowest BCUT2D eigenvalue weighted by molar-refractivity contribution is 0.252. The summed E-state index contributed by atoms with van der Waals surface area (Å²) in [6.45, 7) is 2.42. The highest BCUT2D eigenvalue weighted by atomic mass is 16.2. The van der Waals surface area contributed by atoms with Crippen LogP contribution in [0.4, 0.5) is 10.7 Å². The first-order chi connectivity index (χ1) is 5.33. The zero-order chi connectivity index (χ0) is 8.10. The fourth-order valence-electron chi connectivity index (χ4n) is 0.579. The van der Waals surface area contributed by atoms with Gasteiger partial charge in [0.15, 0.2) is 0 Å². The van der Waals surface area contributed by atoms with Gasteiger partial charge in [-0.25, -0.2) is 4.79 Å². The molecule has 0 unspecified atom stereocenters. The van der Waals surface area contributed by atoms with E-state index in [9.17, 15) is 4.79 Å². The Kier molecular flexibility index (Phi) is 2.42. The van der Waals surface area contributed by atoms with E-state index in [1.54, 1.807) is 0 Å². The molecule has 0 aliphatic heterocycles. The van der Waals surface area contributed by atoms with Crippen LogP contribution in [-0.2, 0) is 0 Å². The van der Waals surface area contributed by atoms with Crippen LogP contribution in [-0.4, -0.2) is 27.8 Å². The number of carbonyl (C=O) groups excluding carboxylic acids is 1. The first kappa shape index (κ1) is 7.52.